The highest BCUT2D eigenvalue weighted by molar-refractivity contribution is 6.48. The van der Waals surface area contributed by atoms with Crippen molar-refractivity contribution in [3.05, 3.63) is 48.0 Å². The van der Waals surface area contributed by atoms with Gasteiger partial charge in [-0.2, -0.15) is 0 Å². The second-order valence-corrected chi connectivity index (χ2v) is 13.4. The predicted octanol–water partition coefficient (Wildman–Crippen LogP) is 4.31. The number of nitrogens with zero attached hydrogens (tertiary/aromatic N) is 4. The largest absolute Gasteiger partial charge is 0.458 e. The molecule has 37 heavy (non-hydrogen) atoms. The number of rotatable bonds is 7. The van der Waals surface area contributed by atoms with Crippen molar-refractivity contribution in [2.75, 3.05) is 5.32 Å². The minimum absolute atomic E-state index is 0.134. The highest BCUT2D eigenvalue weighted by Crippen LogP contribution is 2.40. The van der Waals surface area contributed by atoms with Crippen LogP contribution in [0.15, 0.2) is 36.9 Å². The van der Waals surface area contributed by atoms with Gasteiger partial charge in [-0.15, -0.1) is 0 Å². The summed E-state index contributed by atoms with van der Waals surface area (Å²) in [5.41, 5.74) is 3.90. The topological polar surface area (TPSA) is 100 Å². The maximum atomic E-state index is 12.0. The van der Waals surface area contributed by atoms with Crippen LogP contribution in [-0.2, 0) is 31.5 Å². The first-order valence-electron chi connectivity index (χ1n) is 12.9. The number of ether oxygens (including phenoxy) is 2. The van der Waals surface area contributed by atoms with E-state index >= 15 is 0 Å². The van der Waals surface area contributed by atoms with Gasteiger partial charge in [0.1, 0.15) is 12.4 Å². The van der Waals surface area contributed by atoms with E-state index in [1.165, 1.54) is 18.1 Å². The third-order valence-corrected chi connectivity index (χ3v) is 7.72. The van der Waals surface area contributed by atoms with Crippen LogP contribution >= 0.6 is 0 Å². The third-order valence-electron chi connectivity index (χ3n) is 6.99. The van der Waals surface area contributed by atoms with E-state index in [4.69, 9.17) is 13.9 Å². The Kier molecular flexibility index (Phi) is 7.08. The van der Waals surface area contributed by atoms with Crippen LogP contribution in [-0.4, -0.2) is 58.9 Å². The number of aromatic nitrogens is 4. The van der Waals surface area contributed by atoms with E-state index in [1.54, 1.807) is 12.7 Å². The van der Waals surface area contributed by atoms with Crippen LogP contribution in [0.5, 0.6) is 0 Å². The van der Waals surface area contributed by atoms with Crippen molar-refractivity contribution in [3.63, 3.8) is 0 Å². The van der Waals surface area contributed by atoms with Gasteiger partial charge in [0, 0.05) is 19.4 Å². The molecule has 2 aliphatic rings. The van der Waals surface area contributed by atoms with E-state index in [1.807, 2.05) is 4.57 Å². The lowest BCUT2D eigenvalue weighted by Gasteiger charge is -2.36. The Bertz CT molecular complexity index is 1250. The molecule has 10 heteroatoms. The number of fused-ring (bicyclic) bond motifs is 2. The normalized spacial score (nSPS) is 22.9. The van der Waals surface area contributed by atoms with Crippen molar-refractivity contribution in [2.24, 2.45) is 5.41 Å². The molecule has 3 aromatic rings. The van der Waals surface area contributed by atoms with Crippen LogP contribution in [0.3, 0.4) is 0 Å². The summed E-state index contributed by atoms with van der Waals surface area (Å²) < 4.78 is 20.6. The fourth-order valence-corrected chi connectivity index (χ4v) is 6.50. The Morgan fingerprint density at radius 3 is 2.49 bits per heavy atom. The average Bonchev–Trinajstić information content (AvgIpc) is 3.52. The third kappa shape index (κ3) is 5.41. The van der Waals surface area contributed by atoms with E-state index in [0.29, 0.717) is 23.4 Å². The van der Waals surface area contributed by atoms with Crippen LogP contribution < -0.4 is 5.32 Å². The molecule has 5 rings (SSSR count). The summed E-state index contributed by atoms with van der Waals surface area (Å²) >= 11 is 0. The Labute approximate surface area is 219 Å². The van der Waals surface area contributed by atoms with Crippen LogP contribution in [0, 0.1) is 5.41 Å². The molecule has 0 amide bonds. The van der Waals surface area contributed by atoms with E-state index in [2.05, 4.69) is 78.4 Å². The zero-order chi connectivity index (χ0) is 26.3. The quantitative estimate of drug-likeness (QED) is 0.362. The number of benzene rings is 1. The minimum atomic E-state index is -0.969. The summed E-state index contributed by atoms with van der Waals surface area (Å²) in [5.74, 6) is 0.352. The molecule has 0 saturated carbocycles. The van der Waals surface area contributed by atoms with Crippen LogP contribution in [0.4, 0.5) is 5.82 Å². The van der Waals surface area contributed by atoms with Crippen molar-refractivity contribution < 1.29 is 18.7 Å². The molecule has 0 bridgehead atoms. The van der Waals surface area contributed by atoms with Gasteiger partial charge in [-0.05, 0) is 42.5 Å². The Hall–Kier alpha value is -2.82. The van der Waals surface area contributed by atoms with Crippen LogP contribution in [0.25, 0.3) is 11.2 Å². The zero-order valence-electron chi connectivity index (χ0n) is 22.4. The summed E-state index contributed by atoms with van der Waals surface area (Å²) in [4.78, 5) is 25.7. The lowest BCUT2D eigenvalue weighted by atomic mass is 9.85. The van der Waals surface area contributed by atoms with Gasteiger partial charge in [0.25, 0.3) is 0 Å². The molecule has 2 aromatic heterocycles. The van der Waals surface area contributed by atoms with Crippen molar-refractivity contribution in [1.82, 2.24) is 19.5 Å². The summed E-state index contributed by atoms with van der Waals surface area (Å²) in [6.07, 6.45) is 4.27. The van der Waals surface area contributed by atoms with Gasteiger partial charge in [0.05, 0.1) is 18.5 Å². The molecule has 1 aliphatic heterocycles. The molecular weight excluding hydrogens is 486 g/mol. The van der Waals surface area contributed by atoms with Gasteiger partial charge in [-0.3, -0.25) is 9.36 Å². The Morgan fingerprint density at radius 1 is 1.16 bits per heavy atom. The van der Waals surface area contributed by atoms with E-state index in [0.717, 1.165) is 12.8 Å². The van der Waals surface area contributed by atoms with E-state index in [-0.39, 0.29) is 29.6 Å². The SMILES string of the molecule is CC(=O)O[C@@H]1C[C@@H]([C@@H](O[Si](C)C)C(C)(C)C)O[C@H]1n1cnc2c(NC3Cc4ccccc4C3)ncnc21. The van der Waals surface area contributed by atoms with Crippen molar-refractivity contribution in [3.8, 4) is 0 Å². The standard InChI is InChI=1S/C27H36N5O4Si/c1-16(33)34-21-13-20(23(27(2,3)4)36-37(5)6)35-26(21)32-15-30-22-24(28-14-29-25(22)32)31-19-11-17-9-7-8-10-18(17)12-19/h7-10,14-15,19-21,23,26H,11-13H2,1-6H3,(H,28,29,31)/t20-,21+,23+,26+/m0/s1. The number of anilines is 1. The lowest BCUT2D eigenvalue weighted by molar-refractivity contribution is -0.153. The average molecular weight is 523 g/mol. The summed E-state index contributed by atoms with van der Waals surface area (Å²) in [5, 5.41) is 3.58. The maximum absolute atomic E-state index is 12.0. The van der Waals surface area contributed by atoms with E-state index in [9.17, 15) is 4.79 Å². The Balaban J connectivity index is 1.42. The first-order chi connectivity index (χ1) is 17.6. The molecule has 4 atom stereocenters. The molecule has 1 fully saturated rings. The first kappa shape index (κ1) is 25.8. The van der Waals surface area contributed by atoms with Gasteiger partial charge in [0.2, 0.25) is 9.04 Å². The van der Waals surface area contributed by atoms with Gasteiger partial charge in [-0.1, -0.05) is 45.0 Å². The summed E-state index contributed by atoms with van der Waals surface area (Å²) in [6.45, 7) is 12.1. The van der Waals surface area contributed by atoms with Gasteiger partial charge in [0.15, 0.2) is 23.2 Å². The Morgan fingerprint density at radius 2 is 1.86 bits per heavy atom. The summed E-state index contributed by atoms with van der Waals surface area (Å²) in [7, 11) is -0.969. The van der Waals surface area contributed by atoms with Crippen LogP contribution in [0.1, 0.15) is 51.5 Å². The molecule has 9 nitrogen and oxygen atoms in total. The molecule has 1 saturated heterocycles. The summed E-state index contributed by atoms with van der Waals surface area (Å²) in [6, 6.07) is 8.77. The molecule has 1 radical (unpaired) electrons. The molecule has 0 spiro atoms. The fraction of sp³-hybridized carbons (Fsp3) is 0.556. The van der Waals surface area contributed by atoms with Crippen molar-refractivity contribution in [2.45, 2.75) is 90.6 Å². The number of carbonyl (C=O) groups excluding carboxylic acids is 1. The molecule has 1 aliphatic carbocycles. The van der Waals surface area contributed by atoms with Gasteiger partial charge < -0.3 is 19.2 Å². The number of hydrogen-bond acceptors (Lipinski definition) is 8. The van der Waals surface area contributed by atoms with Crippen LogP contribution in [0.2, 0.25) is 13.1 Å². The predicted molar refractivity (Wildman–Crippen MR) is 142 cm³/mol. The molecule has 0 unspecified atom stereocenters. The van der Waals surface area contributed by atoms with Gasteiger partial charge in [-0.25, -0.2) is 15.0 Å². The molecule has 197 valence electrons. The molecule has 1 N–H and O–H groups in total. The number of carbonyl (C=O) groups is 1. The van der Waals surface area contributed by atoms with Crippen molar-refractivity contribution in [1.29, 1.82) is 0 Å². The first-order valence-corrected chi connectivity index (χ1v) is 15.3. The highest BCUT2D eigenvalue weighted by Gasteiger charge is 2.46. The van der Waals surface area contributed by atoms with Gasteiger partial charge >= 0.3 is 5.97 Å². The second-order valence-electron chi connectivity index (χ2n) is 11.3. The number of nitrogens with one attached hydrogen (secondary N) is 1. The smallest absolute Gasteiger partial charge is 0.303 e. The second kappa shape index (κ2) is 10.1. The number of imidazole rings is 1. The van der Waals surface area contributed by atoms with E-state index < -0.39 is 21.4 Å². The van der Waals surface area contributed by atoms with Crippen molar-refractivity contribution >= 4 is 32.0 Å². The fourth-order valence-electron chi connectivity index (χ4n) is 5.49. The number of esters is 1. The lowest BCUT2D eigenvalue weighted by Crippen LogP contribution is -2.42. The molecule has 3 heterocycles. The number of hydrogen-bond donors (Lipinski definition) is 1. The molecule has 1 aromatic carbocycles. The highest BCUT2D eigenvalue weighted by atomic mass is 28.3. The minimum Gasteiger partial charge on any atom is -0.458 e. The zero-order valence-corrected chi connectivity index (χ0v) is 23.4. The molecular formula is C27H36N5O4Si. The maximum Gasteiger partial charge on any atom is 0.303 e. The monoisotopic (exact) mass is 522 g/mol.